The minimum atomic E-state index is -0.214. The Bertz CT molecular complexity index is 202. The van der Waals surface area contributed by atoms with Crippen molar-refractivity contribution in [3.8, 4) is 0 Å². The third-order valence-corrected chi connectivity index (χ3v) is 2.17. The van der Waals surface area contributed by atoms with E-state index < -0.39 is 0 Å². The Morgan fingerprint density at radius 3 is 2.29 bits per heavy atom. The van der Waals surface area contributed by atoms with Crippen molar-refractivity contribution in [2.45, 2.75) is 27.2 Å². The molecule has 0 radical (unpaired) electrons. The number of Topliss-reactive ketones (excluding diaryl/α,β-unsaturated/α-hetero) is 1. The molecule has 82 valence electrons. The maximum absolute atomic E-state index is 11.2. The zero-order valence-electron chi connectivity index (χ0n) is 9.04. The first-order chi connectivity index (χ1) is 6.49. The standard InChI is InChI=1S/C10H19NO3/c1-7(2)9(8(3)13)6-10(14)11-4-5-12/h7,9,12H,4-6H2,1-3H3,(H,11,14). The van der Waals surface area contributed by atoms with Crippen molar-refractivity contribution in [3.05, 3.63) is 0 Å². The molecular formula is C10H19NO3. The van der Waals surface area contributed by atoms with Gasteiger partial charge in [0.25, 0.3) is 0 Å². The number of nitrogens with one attached hydrogen (secondary N) is 1. The van der Waals surface area contributed by atoms with Gasteiger partial charge in [0, 0.05) is 18.9 Å². The fourth-order valence-corrected chi connectivity index (χ4v) is 1.32. The van der Waals surface area contributed by atoms with Crippen molar-refractivity contribution in [2.24, 2.45) is 11.8 Å². The second-order valence-corrected chi connectivity index (χ2v) is 3.74. The zero-order valence-corrected chi connectivity index (χ0v) is 9.04. The SMILES string of the molecule is CC(=O)C(CC(=O)NCCO)C(C)C. The molecule has 0 bridgehead atoms. The molecule has 0 saturated carbocycles. The molecule has 0 aromatic carbocycles. The van der Waals surface area contributed by atoms with Crippen LogP contribution in [-0.4, -0.2) is 29.9 Å². The average molecular weight is 201 g/mol. The zero-order chi connectivity index (χ0) is 11.1. The number of carbonyl (C=O) groups excluding carboxylic acids is 2. The summed E-state index contributed by atoms with van der Waals surface area (Å²) in [6, 6.07) is 0. The molecule has 0 aromatic rings. The van der Waals surface area contributed by atoms with Crippen LogP contribution in [0, 0.1) is 11.8 Å². The van der Waals surface area contributed by atoms with Gasteiger partial charge in [0.2, 0.25) is 5.91 Å². The third kappa shape index (κ3) is 4.97. The summed E-state index contributed by atoms with van der Waals surface area (Å²) in [5.41, 5.74) is 0. The van der Waals surface area contributed by atoms with Crippen molar-refractivity contribution in [1.29, 1.82) is 0 Å². The second kappa shape index (κ2) is 6.54. The first-order valence-corrected chi connectivity index (χ1v) is 4.87. The number of hydrogen-bond donors (Lipinski definition) is 2. The molecule has 0 aliphatic heterocycles. The predicted octanol–water partition coefficient (Wildman–Crippen LogP) is 0.346. The van der Waals surface area contributed by atoms with Gasteiger partial charge in [0.05, 0.1) is 6.61 Å². The molecule has 14 heavy (non-hydrogen) atoms. The van der Waals surface area contributed by atoms with E-state index in [1.54, 1.807) is 0 Å². The quantitative estimate of drug-likeness (QED) is 0.651. The molecule has 1 unspecified atom stereocenters. The van der Waals surface area contributed by atoms with Gasteiger partial charge in [-0.05, 0) is 12.8 Å². The van der Waals surface area contributed by atoms with Crippen molar-refractivity contribution >= 4 is 11.7 Å². The van der Waals surface area contributed by atoms with E-state index in [-0.39, 0.29) is 43.1 Å². The van der Waals surface area contributed by atoms with Crippen molar-refractivity contribution in [2.75, 3.05) is 13.2 Å². The Balaban J connectivity index is 4.04. The first kappa shape index (κ1) is 13.1. The number of amides is 1. The predicted molar refractivity (Wildman–Crippen MR) is 53.7 cm³/mol. The Kier molecular flexibility index (Phi) is 6.12. The van der Waals surface area contributed by atoms with Crippen LogP contribution in [0.2, 0.25) is 0 Å². The van der Waals surface area contributed by atoms with E-state index in [1.807, 2.05) is 13.8 Å². The number of aliphatic hydroxyl groups excluding tert-OH is 1. The third-order valence-electron chi connectivity index (χ3n) is 2.17. The minimum absolute atomic E-state index is 0.0409. The van der Waals surface area contributed by atoms with Crippen LogP contribution in [-0.2, 0) is 9.59 Å². The summed E-state index contributed by atoms with van der Waals surface area (Å²) in [6.45, 7) is 5.53. The fourth-order valence-electron chi connectivity index (χ4n) is 1.32. The number of aliphatic hydroxyl groups is 1. The van der Waals surface area contributed by atoms with Crippen molar-refractivity contribution in [3.63, 3.8) is 0 Å². The average Bonchev–Trinajstić information content (AvgIpc) is 2.09. The normalized spacial score (nSPS) is 12.6. The lowest BCUT2D eigenvalue weighted by atomic mass is 9.89. The molecule has 0 aliphatic carbocycles. The highest BCUT2D eigenvalue weighted by molar-refractivity contribution is 5.85. The molecule has 0 saturated heterocycles. The molecule has 4 heteroatoms. The second-order valence-electron chi connectivity index (χ2n) is 3.74. The highest BCUT2D eigenvalue weighted by Gasteiger charge is 2.21. The number of hydrogen-bond acceptors (Lipinski definition) is 3. The molecule has 0 aromatic heterocycles. The molecule has 2 N–H and O–H groups in total. The van der Waals surface area contributed by atoms with Crippen molar-refractivity contribution in [1.82, 2.24) is 5.32 Å². The van der Waals surface area contributed by atoms with Crippen LogP contribution in [0.5, 0.6) is 0 Å². The maximum Gasteiger partial charge on any atom is 0.220 e. The molecule has 0 spiro atoms. The van der Waals surface area contributed by atoms with Crippen LogP contribution in [0.3, 0.4) is 0 Å². The lowest BCUT2D eigenvalue weighted by molar-refractivity contribution is -0.129. The summed E-state index contributed by atoms with van der Waals surface area (Å²) in [5.74, 6) is -0.173. The molecular weight excluding hydrogens is 182 g/mol. The van der Waals surface area contributed by atoms with E-state index in [9.17, 15) is 9.59 Å². The van der Waals surface area contributed by atoms with Gasteiger partial charge in [-0.25, -0.2) is 0 Å². The number of ketones is 1. The first-order valence-electron chi connectivity index (χ1n) is 4.87. The molecule has 1 atom stereocenters. The molecule has 0 aliphatic rings. The van der Waals surface area contributed by atoms with Crippen LogP contribution in [0.25, 0.3) is 0 Å². The van der Waals surface area contributed by atoms with Crippen molar-refractivity contribution < 1.29 is 14.7 Å². The van der Waals surface area contributed by atoms with Gasteiger partial charge < -0.3 is 10.4 Å². The highest BCUT2D eigenvalue weighted by Crippen LogP contribution is 2.15. The molecule has 4 nitrogen and oxygen atoms in total. The van der Waals surface area contributed by atoms with Crippen LogP contribution in [0.1, 0.15) is 27.2 Å². The number of rotatable bonds is 6. The lowest BCUT2D eigenvalue weighted by Crippen LogP contribution is -2.31. The smallest absolute Gasteiger partial charge is 0.220 e. The van der Waals surface area contributed by atoms with Gasteiger partial charge in [0.1, 0.15) is 5.78 Å². The van der Waals surface area contributed by atoms with Gasteiger partial charge in [-0.15, -0.1) is 0 Å². The Hall–Kier alpha value is -0.900. The Morgan fingerprint density at radius 2 is 1.93 bits per heavy atom. The van der Waals surface area contributed by atoms with E-state index in [2.05, 4.69) is 5.32 Å². The minimum Gasteiger partial charge on any atom is -0.395 e. The Labute approximate surface area is 84.7 Å². The summed E-state index contributed by atoms with van der Waals surface area (Å²) in [7, 11) is 0. The monoisotopic (exact) mass is 201 g/mol. The van der Waals surface area contributed by atoms with E-state index in [4.69, 9.17) is 5.11 Å². The molecule has 0 fully saturated rings. The van der Waals surface area contributed by atoms with E-state index >= 15 is 0 Å². The fraction of sp³-hybridized carbons (Fsp3) is 0.800. The van der Waals surface area contributed by atoms with Crippen LogP contribution in [0.15, 0.2) is 0 Å². The van der Waals surface area contributed by atoms with E-state index in [0.717, 1.165) is 0 Å². The largest absolute Gasteiger partial charge is 0.395 e. The Morgan fingerprint density at radius 1 is 1.36 bits per heavy atom. The molecule has 0 heterocycles. The van der Waals surface area contributed by atoms with Crippen LogP contribution in [0.4, 0.5) is 0 Å². The van der Waals surface area contributed by atoms with E-state index in [0.29, 0.717) is 0 Å². The lowest BCUT2D eigenvalue weighted by Gasteiger charge is -2.16. The van der Waals surface area contributed by atoms with Gasteiger partial charge in [-0.2, -0.15) is 0 Å². The summed E-state index contributed by atoms with van der Waals surface area (Å²) < 4.78 is 0. The molecule has 1 amide bonds. The topological polar surface area (TPSA) is 66.4 Å². The van der Waals surface area contributed by atoms with Gasteiger partial charge >= 0.3 is 0 Å². The highest BCUT2D eigenvalue weighted by atomic mass is 16.3. The van der Waals surface area contributed by atoms with Gasteiger partial charge in [-0.3, -0.25) is 9.59 Å². The van der Waals surface area contributed by atoms with Gasteiger partial charge in [0.15, 0.2) is 0 Å². The van der Waals surface area contributed by atoms with E-state index in [1.165, 1.54) is 6.92 Å². The van der Waals surface area contributed by atoms with Crippen LogP contribution < -0.4 is 5.32 Å². The maximum atomic E-state index is 11.2. The van der Waals surface area contributed by atoms with Gasteiger partial charge in [-0.1, -0.05) is 13.8 Å². The summed E-state index contributed by atoms with van der Waals surface area (Å²) in [4.78, 5) is 22.4. The number of carbonyl (C=O) groups is 2. The summed E-state index contributed by atoms with van der Waals surface area (Å²) in [6.07, 6.45) is 0.215. The summed E-state index contributed by atoms with van der Waals surface area (Å²) in [5, 5.41) is 11.0. The molecule has 0 rings (SSSR count). The van der Waals surface area contributed by atoms with Crippen LogP contribution >= 0.6 is 0 Å². The summed E-state index contributed by atoms with van der Waals surface area (Å²) >= 11 is 0.